The van der Waals surface area contributed by atoms with Crippen LogP contribution in [0.15, 0.2) is 72.8 Å². The average molecular weight is 476 g/mol. The molecule has 35 heavy (non-hydrogen) atoms. The molecule has 0 spiro atoms. The van der Waals surface area contributed by atoms with Gasteiger partial charge in [-0.15, -0.1) is 0 Å². The minimum absolute atomic E-state index is 0.0652. The minimum atomic E-state index is -0.731. The van der Waals surface area contributed by atoms with Crippen LogP contribution in [-0.4, -0.2) is 51.5 Å². The van der Waals surface area contributed by atoms with Gasteiger partial charge in [0.05, 0.1) is 31.7 Å². The van der Waals surface area contributed by atoms with Crippen molar-refractivity contribution in [2.75, 3.05) is 20.3 Å². The van der Waals surface area contributed by atoms with Crippen LogP contribution >= 0.6 is 0 Å². The number of ether oxygens (including phenoxy) is 2. The van der Waals surface area contributed by atoms with E-state index in [9.17, 15) is 14.7 Å². The predicted molar refractivity (Wildman–Crippen MR) is 131 cm³/mol. The number of aryl methyl sites for hydroxylation is 1. The zero-order valence-corrected chi connectivity index (χ0v) is 19.9. The van der Waals surface area contributed by atoms with Crippen molar-refractivity contribution in [2.45, 2.75) is 32.4 Å². The molecule has 182 valence electrons. The molecule has 8 nitrogen and oxygen atoms in total. The summed E-state index contributed by atoms with van der Waals surface area (Å²) in [6.45, 7) is 3.56. The van der Waals surface area contributed by atoms with Gasteiger partial charge in [0.1, 0.15) is 17.3 Å². The fourth-order valence-corrected chi connectivity index (χ4v) is 4.20. The summed E-state index contributed by atoms with van der Waals surface area (Å²) in [6.07, 6.45) is 6.74. The molecule has 0 aliphatic carbocycles. The highest BCUT2D eigenvalue weighted by Gasteiger charge is 2.45. The van der Waals surface area contributed by atoms with Crippen molar-refractivity contribution in [3.63, 3.8) is 0 Å². The molecule has 4 rings (SSSR count). The molecule has 3 aromatic rings. The number of nitrogens with zero attached hydrogens (tertiary/aromatic N) is 3. The number of aliphatic hydroxyl groups is 1. The number of carbonyl (C=O) groups excluding carboxylic acids is 2. The number of aliphatic hydroxyl groups excluding tert-OH is 1. The number of hydrogen-bond acceptors (Lipinski definition) is 6. The van der Waals surface area contributed by atoms with Crippen molar-refractivity contribution in [2.24, 2.45) is 0 Å². The Morgan fingerprint density at radius 3 is 2.57 bits per heavy atom. The number of hydrogen-bond donors (Lipinski definition) is 1. The second-order valence-electron chi connectivity index (χ2n) is 8.30. The lowest BCUT2D eigenvalue weighted by atomic mass is 9.95. The maximum atomic E-state index is 13.2. The molecule has 1 fully saturated rings. The van der Waals surface area contributed by atoms with Gasteiger partial charge in [0.2, 0.25) is 0 Å². The summed E-state index contributed by atoms with van der Waals surface area (Å²) in [5.74, 6) is -0.272. The normalized spacial score (nSPS) is 17.1. The Bertz CT molecular complexity index is 1200. The van der Waals surface area contributed by atoms with Crippen LogP contribution in [0.2, 0.25) is 0 Å². The second kappa shape index (κ2) is 10.9. The number of likely N-dealkylation sites (tertiary alicyclic amines) is 1. The van der Waals surface area contributed by atoms with E-state index in [1.165, 1.54) is 4.90 Å². The van der Waals surface area contributed by atoms with Crippen LogP contribution in [0.5, 0.6) is 11.5 Å². The summed E-state index contributed by atoms with van der Waals surface area (Å²) in [7, 11) is 1.55. The van der Waals surface area contributed by atoms with Crippen molar-refractivity contribution < 1.29 is 24.2 Å². The van der Waals surface area contributed by atoms with Crippen molar-refractivity contribution in [1.29, 1.82) is 0 Å². The second-order valence-corrected chi connectivity index (χ2v) is 8.30. The van der Waals surface area contributed by atoms with Crippen molar-refractivity contribution in [3.8, 4) is 11.5 Å². The number of benzene rings is 2. The molecular weight excluding hydrogens is 446 g/mol. The maximum absolute atomic E-state index is 13.2. The van der Waals surface area contributed by atoms with E-state index in [1.54, 1.807) is 43.9 Å². The number of methoxy groups -OCH3 is 1. The third-order valence-electron chi connectivity index (χ3n) is 5.92. The largest absolute Gasteiger partial charge is 0.507 e. The predicted octanol–water partition coefficient (Wildman–Crippen LogP) is 4.19. The lowest BCUT2D eigenvalue weighted by molar-refractivity contribution is -0.139. The Balaban J connectivity index is 1.72. The van der Waals surface area contributed by atoms with Gasteiger partial charge in [0.25, 0.3) is 11.7 Å². The standard InChI is InChI=1S/C27H29N3O5/c1-3-16-35-22-7-4-6-20(17-22)24-23(25(31)19-8-10-21(34-2)11-9-19)26(32)27(33)30(24)14-5-13-29-15-12-28-18-29/h4,6-12,15,17-18,24,31H,3,5,13-14,16H2,1-2H3/t24-/m1/s1. The summed E-state index contributed by atoms with van der Waals surface area (Å²) in [5.41, 5.74) is 1.21. The van der Waals surface area contributed by atoms with E-state index in [4.69, 9.17) is 9.47 Å². The molecular formula is C27H29N3O5. The number of ketones is 1. The Labute approximate surface area is 204 Å². The van der Waals surface area contributed by atoms with Crippen LogP contribution < -0.4 is 9.47 Å². The Morgan fingerprint density at radius 1 is 1.09 bits per heavy atom. The summed E-state index contributed by atoms with van der Waals surface area (Å²) >= 11 is 0. The van der Waals surface area contributed by atoms with Gasteiger partial charge in [0, 0.05) is 31.0 Å². The highest BCUT2D eigenvalue weighted by atomic mass is 16.5. The van der Waals surface area contributed by atoms with Crippen LogP contribution in [0.1, 0.15) is 36.9 Å². The first kappa shape index (κ1) is 24.1. The number of Topliss-reactive ketones (excluding diaryl/α,β-unsaturated/α-hetero) is 1. The Morgan fingerprint density at radius 2 is 1.89 bits per heavy atom. The smallest absolute Gasteiger partial charge is 0.295 e. The molecule has 1 aliphatic heterocycles. The van der Waals surface area contributed by atoms with Crippen LogP contribution in [-0.2, 0) is 16.1 Å². The van der Waals surface area contributed by atoms with Crippen LogP contribution in [0.4, 0.5) is 0 Å². The highest BCUT2D eigenvalue weighted by Crippen LogP contribution is 2.40. The SMILES string of the molecule is CCCOc1cccc([C@@H]2C(=C(O)c3ccc(OC)cc3)C(=O)C(=O)N2CCCn2ccnc2)c1. The summed E-state index contributed by atoms with van der Waals surface area (Å²) in [5, 5.41) is 11.2. The van der Waals surface area contributed by atoms with E-state index in [0.717, 1.165) is 6.42 Å². The zero-order valence-electron chi connectivity index (χ0n) is 19.9. The first-order chi connectivity index (χ1) is 17.0. The number of amides is 1. The molecule has 8 heteroatoms. The lowest BCUT2D eigenvalue weighted by Crippen LogP contribution is -2.31. The first-order valence-corrected chi connectivity index (χ1v) is 11.6. The molecule has 1 saturated heterocycles. The molecule has 0 saturated carbocycles. The molecule has 0 radical (unpaired) electrons. The van der Waals surface area contributed by atoms with E-state index in [0.29, 0.717) is 48.7 Å². The Kier molecular flexibility index (Phi) is 7.50. The average Bonchev–Trinajstić information content (AvgIpc) is 3.49. The third kappa shape index (κ3) is 5.21. The van der Waals surface area contributed by atoms with E-state index in [1.807, 2.05) is 42.0 Å². The van der Waals surface area contributed by atoms with E-state index in [2.05, 4.69) is 4.98 Å². The van der Waals surface area contributed by atoms with Crippen molar-refractivity contribution in [1.82, 2.24) is 14.5 Å². The van der Waals surface area contributed by atoms with Crippen molar-refractivity contribution >= 4 is 17.4 Å². The highest BCUT2D eigenvalue weighted by molar-refractivity contribution is 6.46. The molecule has 2 heterocycles. The van der Waals surface area contributed by atoms with Gasteiger partial charge in [-0.1, -0.05) is 19.1 Å². The number of rotatable bonds is 10. The number of imidazole rings is 1. The van der Waals surface area contributed by atoms with Crippen LogP contribution in [0, 0.1) is 0 Å². The number of aromatic nitrogens is 2. The fourth-order valence-electron chi connectivity index (χ4n) is 4.20. The van der Waals surface area contributed by atoms with Gasteiger partial charge in [-0.25, -0.2) is 4.98 Å². The molecule has 2 aromatic carbocycles. The van der Waals surface area contributed by atoms with Crippen LogP contribution in [0.25, 0.3) is 5.76 Å². The van der Waals surface area contributed by atoms with Crippen molar-refractivity contribution in [3.05, 3.63) is 84.0 Å². The number of carbonyl (C=O) groups is 2. The van der Waals surface area contributed by atoms with Crippen LogP contribution in [0.3, 0.4) is 0 Å². The van der Waals surface area contributed by atoms with E-state index in [-0.39, 0.29) is 11.3 Å². The summed E-state index contributed by atoms with van der Waals surface area (Å²) in [4.78, 5) is 31.9. The first-order valence-electron chi connectivity index (χ1n) is 11.6. The van der Waals surface area contributed by atoms with Gasteiger partial charge >= 0.3 is 0 Å². The van der Waals surface area contributed by atoms with Gasteiger partial charge in [-0.3, -0.25) is 9.59 Å². The monoisotopic (exact) mass is 475 g/mol. The van der Waals surface area contributed by atoms with Gasteiger partial charge in [-0.05, 0) is 54.8 Å². The lowest BCUT2D eigenvalue weighted by Gasteiger charge is -2.26. The topological polar surface area (TPSA) is 93.9 Å². The molecule has 1 atom stereocenters. The zero-order chi connectivity index (χ0) is 24.8. The van der Waals surface area contributed by atoms with Gasteiger partial charge in [-0.2, -0.15) is 0 Å². The van der Waals surface area contributed by atoms with E-state index >= 15 is 0 Å². The molecule has 1 aliphatic rings. The quantitative estimate of drug-likeness (QED) is 0.268. The molecule has 1 N–H and O–H groups in total. The minimum Gasteiger partial charge on any atom is -0.507 e. The molecule has 1 amide bonds. The molecule has 0 bridgehead atoms. The molecule has 0 unspecified atom stereocenters. The Hall–Kier alpha value is -4.07. The molecule has 1 aromatic heterocycles. The third-order valence-corrected chi connectivity index (χ3v) is 5.92. The fraction of sp³-hybridized carbons (Fsp3) is 0.296. The van der Waals surface area contributed by atoms with Gasteiger partial charge in [0.15, 0.2) is 0 Å². The van der Waals surface area contributed by atoms with E-state index < -0.39 is 17.7 Å². The summed E-state index contributed by atoms with van der Waals surface area (Å²) < 4.78 is 12.9. The summed E-state index contributed by atoms with van der Waals surface area (Å²) in [6, 6.07) is 13.3. The van der Waals surface area contributed by atoms with Gasteiger partial charge < -0.3 is 24.0 Å². The maximum Gasteiger partial charge on any atom is 0.295 e.